The van der Waals surface area contributed by atoms with Crippen LogP contribution in [0.4, 0.5) is 0 Å². The lowest BCUT2D eigenvalue weighted by Crippen LogP contribution is -3.14. The summed E-state index contributed by atoms with van der Waals surface area (Å²) in [5.41, 5.74) is 0. The molecule has 0 spiro atoms. The third-order valence-corrected chi connectivity index (χ3v) is 3.66. The van der Waals surface area contributed by atoms with Gasteiger partial charge in [0.2, 0.25) is 0 Å². The van der Waals surface area contributed by atoms with Crippen LogP contribution in [0.1, 0.15) is 39.5 Å². The van der Waals surface area contributed by atoms with Crippen LogP contribution in [-0.4, -0.2) is 67.5 Å². The Morgan fingerprint density at radius 1 is 1.05 bits per heavy atom. The van der Waals surface area contributed by atoms with Gasteiger partial charge >= 0.3 is 0 Å². The lowest BCUT2D eigenvalue weighted by molar-refractivity contribution is -0.903. The fourth-order valence-corrected chi connectivity index (χ4v) is 2.31. The minimum absolute atomic E-state index is 0.0673. The van der Waals surface area contributed by atoms with Crippen LogP contribution in [0.5, 0.6) is 0 Å². The molecule has 5 heteroatoms. The van der Waals surface area contributed by atoms with Gasteiger partial charge in [-0.1, -0.05) is 33.1 Å². The van der Waals surface area contributed by atoms with Crippen molar-refractivity contribution in [2.24, 2.45) is 5.92 Å². The van der Waals surface area contributed by atoms with Gasteiger partial charge in [-0.15, -0.1) is 0 Å². The minimum Gasteiger partial charge on any atom is -0.391 e. The maximum absolute atomic E-state index is 9.93. The third kappa shape index (κ3) is 10.6. The van der Waals surface area contributed by atoms with E-state index in [1.807, 2.05) is 0 Å². The Hall–Kier alpha value is -0.200. The Bertz CT molecular complexity index is 198. The number of aliphatic hydroxyl groups excluding tert-OH is 3. The van der Waals surface area contributed by atoms with Gasteiger partial charge in [-0.05, 0) is 12.3 Å². The van der Waals surface area contributed by atoms with Gasteiger partial charge in [0.1, 0.15) is 25.7 Å². The lowest BCUT2D eigenvalue weighted by atomic mass is 10.0. The average Bonchev–Trinajstić information content (AvgIpc) is 2.43. The van der Waals surface area contributed by atoms with Crippen LogP contribution in [0, 0.1) is 5.92 Å². The summed E-state index contributed by atoms with van der Waals surface area (Å²) >= 11 is 0. The molecule has 0 aromatic carbocycles. The molecule has 0 radical (unpaired) electrons. The van der Waals surface area contributed by atoms with Crippen LogP contribution < -0.4 is 4.90 Å². The van der Waals surface area contributed by atoms with E-state index in [0.717, 1.165) is 11.3 Å². The van der Waals surface area contributed by atoms with Gasteiger partial charge in [-0.2, -0.15) is 0 Å². The molecule has 2 unspecified atom stereocenters. The second kappa shape index (κ2) is 13.8. The van der Waals surface area contributed by atoms with Gasteiger partial charge in [-0.3, -0.25) is 0 Å². The van der Waals surface area contributed by atoms with Gasteiger partial charge in [0, 0.05) is 6.61 Å². The van der Waals surface area contributed by atoms with Crippen LogP contribution in [0.3, 0.4) is 0 Å². The Kier molecular flexibility index (Phi) is 13.6. The van der Waals surface area contributed by atoms with Crippen molar-refractivity contribution in [2.75, 3.05) is 46.1 Å². The maximum Gasteiger partial charge on any atom is 0.126 e. The van der Waals surface area contributed by atoms with Crippen molar-refractivity contribution in [3.8, 4) is 0 Å². The molecule has 4 N–H and O–H groups in total. The first-order valence-electron chi connectivity index (χ1n) is 7.98. The number of hydrogen-bond acceptors (Lipinski definition) is 4. The summed E-state index contributed by atoms with van der Waals surface area (Å²) in [6.07, 6.45) is 4.21. The average molecular weight is 292 g/mol. The molecule has 0 aromatic rings. The Morgan fingerprint density at radius 3 is 2.20 bits per heavy atom. The first-order valence-corrected chi connectivity index (χ1v) is 7.98. The number of rotatable bonds is 14. The summed E-state index contributed by atoms with van der Waals surface area (Å²) in [5.74, 6) is 0.584. The SMILES string of the molecule is CCCCC(CC)COCC(O)C[NH+](CCO)CCO. The fourth-order valence-electron chi connectivity index (χ4n) is 2.31. The van der Waals surface area contributed by atoms with Crippen molar-refractivity contribution in [3.05, 3.63) is 0 Å². The zero-order chi connectivity index (χ0) is 15.2. The molecule has 0 rings (SSSR count). The Labute approximate surface area is 123 Å². The molecule has 0 fully saturated rings. The molecule has 0 aromatic heterocycles. The molecule has 0 saturated heterocycles. The lowest BCUT2D eigenvalue weighted by Gasteiger charge is -2.21. The van der Waals surface area contributed by atoms with Crippen LogP contribution in [-0.2, 0) is 4.74 Å². The summed E-state index contributed by atoms with van der Waals surface area (Å²) in [4.78, 5) is 1.00. The monoisotopic (exact) mass is 292 g/mol. The Balaban J connectivity index is 3.80. The van der Waals surface area contributed by atoms with Crippen molar-refractivity contribution in [3.63, 3.8) is 0 Å². The van der Waals surface area contributed by atoms with Gasteiger partial charge < -0.3 is 25.0 Å². The quantitative estimate of drug-likeness (QED) is 0.347. The fraction of sp³-hybridized carbons (Fsp3) is 1.00. The van der Waals surface area contributed by atoms with Gasteiger partial charge in [0.05, 0.1) is 19.8 Å². The smallest absolute Gasteiger partial charge is 0.126 e. The van der Waals surface area contributed by atoms with E-state index in [4.69, 9.17) is 14.9 Å². The van der Waals surface area contributed by atoms with Crippen LogP contribution >= 0.6 is 0 Å². The molecular weight excluding hydrogens is 258 g/mol. The van der Waals surface area contributed by atoms with Crippen LogP contribution in [0.15, 0.2) is 0 Å². The number of nitrogens with one attached hydrogen (secondary N) is 1. The predicted molar refractivity (Wildman–Crippen MR) is 79.9 cm³/mol. The van der Waals surface area contributed by atoms with Crippen molar-refractivity contribution < 1.29 is 25.0 Å². The van der Waals surface area contributed by atoms with Crippen LogP contribution in [0.25, 0.3) is 0 Å². The number of hydrogen-bond donors (Lipinski definition) is 4. The largest absolute Gasteiger partial charge is 0.391 e. The topological polar surface area (TPSA) is 74.4 Å². The van der Waals surface area contributed by atoms with Gasteiger partial charge in [0.25, 0.3) is 0 Å². The molecule has 0 aliphatic heterocycles. The second-order valence-corrected chi connectivity index (χ2v) is 5.51. The Morgan fingerprint density at radius 2 is 1.70 bits per heavy atom. The summed E-state index contributed by atoms with van der Waals surface area (Å²) in [5, 5.41) is 27.8. The molecule has 0 bridgehead atoms. The third-order valence-electron chi connectivity index (χ3n) is 3.66. The molecular formula is C15H34NO4+. The van der Waals surface area contributed by atoms with E-state index in [1.165, 1.54) is 19.3 Å². The predicted octanol–water partition coefficient (Wildman–Crippen LogP) is -0.550. The highest BCUT2D eigenvalue weighted by atomic mass is 16.5. The van der Waals surface area contributed by atoms with Crippen molar-refractivity contribution >= 4 is 0 Å². The van der Waals surface area contributed by atoms with E-state index in [1.54, 1.807) is 0 Å². The van der Waals surface area contributed by atoms with Gasteiger partial charge in [0.15, 0.2) is 0 Å². The molecule has 122 valence electrons. The highest BCUT2D eigenvalue weighted by Gasteiger charge is 2.15. The number of unbranched alkanes of at least 4 members (excludes halogenated alkanes) is 1. The van der Waals surface area contributed by atoms with E-state index < -0.39 is 6.10 Å². The molecule has 0 aliphatic carbocycles. The second-order valence-electron chi connectivity index (χ2n) is 5.51. The molecule has 2 atom stereocenters. The maximum atomic E-state index is 9.93. The highest BCUT2D eigenvalue weighted by molar-refractivity contribution is 4.57. The van der Waals surface area contributed by atoms with Crippen molar-refractivity contribution in [2.45, 2.75) is 45.6 Å². The van der Waals surface area contributed by atoms with E-state index >= 15 is 0 Å². The highest BCUT2D eigenvalue weighted by Crippen LogP contribution is 2.12. The molecule has 0 heterocycles. The van der Waals surface area contributed by atoms with Crippen LogP contribution in [0.2, 0.25) is 0 Å². The first-order chi connectivity index (χ1) is 9.67. The molecule has 20 heavy (non-hydrogen) atoms. The van der Waals surface area contributed by atoms with E-state index in [2.05, 4.69) is 13.8 Å². The van der Waals surface area contributed by atoms with Crippen molar-refractivity contribution in [1.29, 1.82) is 0 Å². The summed E-state index contributed by atoms with van der Waals surface area (Å²) in [6, 6.07) is 0. The summed E-state index contributed by atoms with van der Waals surface area (Å²) in [6.45, 7) is 7.15. The minimum atomic E-state index is -0.535. The number of ether oxygens (including phenoxy) is 1. The van der Waals surface area contributed by atoms with Gasteiger partial charge in [-0.25, -0.2) is 0 Å². The molecule has 0 amide bonds. The number of quaternary nitrogens is 1. The summed E-state index contributed by atoms with van der Waals surface area (Å²) < 4.78 is 5.61. The molecule has 0 saturated carbocycles. The normalized spacial score (nSPS) is 14.7. The standard InChI is InChI=1S/C15H33NO4/c1-3-5-6-14(4-2)12-20-13-15(19)11-16(7-9-17)8-10-18/h14-15,17-19H,3-13H2,1-2H3/p+1. The molecule has 0 aliphatic rings. The van der Waals surface area contributed by atoms with Crippen molar-refractivity contribution in [1.82, 2.24) is 0 Å². The zero-order valence-electron chi connectivity index (χ0n) is 13.2. The first kappa shape index (κ1) is 19.8. The molecule has 5 nitrogen and oxygen atoms in total. The van der Waals surface area contributed by atoms with E-state index in [-0.39, 0.29) is 13.2 Å². The van der Waals surface area contributed by atoms with E-state index in [9.17, 15) is 5.11 Å². The number of aliphatic hydroxyl groups is 3. The summed E-state index contributed by atoms with van der Waals surface area (Å²) in [7, 11) is 0. The zero-order valence-corrected chi connectivity index (χ0v) is 13.2. The van der Waals surface area contributed by atoms with E-state index in [0.29, 0.717) is 38.8 Å².